The third kappa shape index (κ3) is 11.5. The zero-order valence-corrected chi connectivity index (χ0v) is 22.0. The molecule has 1 aromatic rings. The molecule has 0 aromatic heterocycles. The van der Waals surface area contributed by atoms with Crippen LogP contribution < -0.4 is 27.4 Å². The van der Waals surface area contributed by atoms with E-state index < -0.39 is 47.9 Å². The monoisotopic (exact) mass is 543 g/mol. The minimum atomic E-state index is -1.26. The quantitative estimate of drug-likeness (QED) is 0.0953. The molecule has 9 N–H and O–H groups in total. The number of carboxylic acids is 1. The third-order valence-electron chi connectivity index (χ3n) is 5.36. The summed E-state index contributed by atoms with van der Waals surface area (Å²) in [4.78, 5) is 50.1. The molecule has 0 aliphatic rings. The van der Waals surface area contributed by atoms with Crippen molar-refractivity contribution >= 4 is 48.1 Å². The molecule has 11 nitrogen and oxygen atoms in total. The first kappa shape index (κ1) is 31.5. The van der Waals surface area contributed by atoms with Gasteiger partial charge in [0.1, 0.15) is 23.9 Å². The number of benzene rings is 1. The Balaban J connectivity index is 3.03. The van der Waals surface area contributed by atoms with E-state index in [9.17, 15) is 29.4 Å². The number of aromatic hydroxyl groups is 1. The number of nitrogens with one attached hydrogen (secondary N) is 3. The van der Waals surface area contributed by atoms with Crippen LogP contribution in [-0.2, 0) is 25.6 Å². The van der Waals surface area contributed by atoms with Crippen LogP contribution in [0, 0.1) is 0 Å². The second-order valence-corrected chi connectivity index (χ2v) is 9.60. The molecule has 0 aliphatic carbocycles. The summed E-state index contributed by atoms with van der Waals surface area (Å²) in [5.74, 6) is -2.59. The summed E-state index contributed by atoms with van der Waals surface area (Å²) < 4.78 is 0. The number of carbonyl (C=O) groups excluding carboxylic acids is 3. The molecule has 0 bridgehead atoms. The van der Waals surface area contributed by atoms with Crippen molar-refractivity contribution in [1.82, 2.24) is 16.0 Å². The highest BCUT2D eigenvalue weighted by molar-refractivity contribution is 7.98. The predicted molar refractivity (Wildman–Crippen MR) is 143 cm³/mol. The van der Waals surface area contributed by atoms with Gasteiger partial charge in [-0.2, -0.15) is 24.4 Å². The molecular formula is C23H37N5O6S2. The molecule has 0 heterocycles. The van der Waals surface area contributed by atoms with Crippen molar-refractivity contribution < 1.29 is 29.4 Å². The number of thioether (sulfide) groups is 1. The Morgan fingerprint density at radius 3 is 2.08 bits per heavy atom. The van der Waals surface area contributed by atoms with Crippen molar-refractivity contribution in [3.63, 3.8) is 0 Å². The smallest absolute Gasteiger partial charge is 0.327 e. The average Bonchev–Trinajstić information content (AvgIpc) is 2.85. The molecule has 13 heteroatoms. The van der Waals surface area contributed by atoms with Crippen LogP contribution in [0.3, 0.4) is 0 Å². The van der Waals surface area contributed by atoms with Gasteiger partial charge >= 0.3 is 5.97 Å². The minimum Gasteiger partial charge on any atom is -0.508 e. The number of hydrogen-bond donors (Lipinski definition) is 8. The van der Waals surface area contributed by atoms with E-state index in [1.165, 1.54) is 23.9 Å². The van der Waals surface area contributed by atoms with Crippen molar-refractivity contribution in [2.45, 2.75) is 56.3 Å². The molecule has 4 unspecified atom stereocenters. The van der Waals surface area contributed by atoms with Gasteiger partial charge in [0, 0.05) is 12.2 Å². The van der Waals surface area contributed by atoms with Crippen molar-refractivity contribution in [1.29, 1.82) is 0 Å². The lowest BCUT2D eigenvalue weighted by Gasteiger charge is -2.25. The number of phenols is 1. The number of aliphatic carboxylic acids is 1. The Bertz CT molecular complexity index is 858. The fraction of sp³-hybridized carbons (Fsp3) is 0.565. The lowest BCUT2D eigenvalue weighted by Crippen LogP contribution is -2.58. The molecule has 1 aromatic carbocycles. The van der Waals surface area contributed by atoms with E-state index in [4.69, 9.17) is 11.5 Å². The van der Waals surface area contributed by atoms with Gasteiger partial charge in [-0.25, -0.2) is 4.79 Å². The first-order valence-corrected chi connectivity index (χ1v) is 13.6. The Morgan fingerprint density at radius 2 is 1.53 bits per heavy atom. The lowest BCUT2D eigenvalue weighted by molar-refractivity contribution is -0.141. The summed E-state index contributed by atoms with van der Waals surface area (Å²) in [5, 5.41) is 26.5. The number of phenolic OH excluding ortho intramolecular Hbond substituents is 1. The maximum Gasteiger partial charge on any atom is 0.327 e. The van der Waals surface area contributed by atoms with Crippen LogP contribution >= 0.6 is 24.4 Å². The Labute approximate surface area is 220 Å². The van der Waals surface area contributed by atoms with E-state index in [2.05, 4.69) is 28.6 Å². The van der Waals surface area contributed by atoms with Crippen LogP contribution in [0.15, 0.2) is 24.3 Å². The molecule has 1 rings (SSSR count). The summed E-state index contributed by atoms with van der Waals surface area (Å²) in [6.45, 7) is 0.494. The zero-order chi connectivity index (χ0) is 27.1. The molecule has 3 amide bonds. The van der Waals surface area contributed by atoms with E-state index in [1.807, 2.05) is 6.26 Å². The summed E-state index contributed by atoms with van der Waals surface area (Å²) >= 11 is 5.45. The van der Waals surface area contributed by atoms with E-state index in [0.717, 1.165) is 6.42 Å². The van der Waals surface area contributed by atoms with Crippen molar-refractivity contribution in [3.05, 3.63) is 29.8 Å². The van der Waals surface area contributed by atoms with Crippen molar-refractivity contribution in [3.8, 4) is 5.75 Å². The molecule has 0 spiro atoms. The average molecular weight is 544 g/mol. The highest BCUT2D eigenvalue weighted by Crippen LogP contribution is 2.12. The fourth-order valence-corrected chi connectivity index (χ4v) is 3.95. The van der Waals surface area contributed by atoms with E-state index in [-0.39, 0.29) is 17.9 Å². The fourth-order valence-electron chi connectivity index (χ4n) is 3.23. The van der Waals surface area contributed by atoms with Crippen LogP contribution in [0.2, 0.25) is 0 Å². The number of thiol groups is 1. The van der Waals surface area contributed by atoms with Gasteiger partial charge in [-0.3, -0.25) is 14.4 Å². The van der Waals surface area contributed by atoms with Crippen LogP contribution in [0.25, 0.3) is 0 Å². The SMILES string of the molecule is CSCCC(NC(=O)C(N)CCCCN)C(=O)NC(Cc1ccc(O)cc1)C(=O)NC(CS)C(=O)O. The number of unbranched alkanes of at least 4 members (excludes halogenated alkanes) is 1. The summed E-state index contributed by atoms with van der Waals surface area (Å²) in [7, 11) is 0. The molecule has 4 atom stereocenters. The van der Waals surface area contributed by atoms with Gasteiger partial charge in [-0.15, -0.1) is 0 Å². The summed E-state index contributed by atoms with van der Waals surface area (Å²) in [5.41, 5.74) is 12.1. The number of hydrogen-bond acceptors (Lipinski definition) is 9. The number of carboxylic acid groups (broad SMARTS) is 1. The van der Waals surface area contributed by atoms with Crippen molar-refractivity contribution in [2.75, 3.05) is 24.3 Å². The zero-order valence-electron chi connectivity index (χ0n) is 20.3. The first-order valence-electron chi connectivity index (χ1n) is 11.6. The second-order valence-electron chi connectivity index (χ2n) is 8.25. The topological polar surface area (TPSA) is 197 Å². The van der Waals surface area contributed by atoms with Gasteiger partial charge < -0.3 is 37.6 Å². The standard InChI is InChI=1S/C23H37N5O6S2/c1-36-11-9-17(26-20(30)16(25)4-2-3-10-24)21(31)27-18(12-14-5-7-15(29)8-6-14)22(32)28-19(13-35)23(33)34/h5-8,16-19,29,35H,2-4,9-13,24-25H2,1H3,(H,26,30)(H,27,31)(H,28,32)(H,33,34). The highest BCUT2D eigenvalue weighted by Gasteiger charge is 2.30. The molecule has 0 fully saturated rings. The Morgan fingerprint density at radius 1 is 0.944 bits per heavy atom. The van der Waals surface area contributed by atoms with Gasteiger partial charge in [0.2, 0.25) is 17.7 Å². The highest BCUT2D eigenvalue weighted by atomic mass is 32.2. The van der Waals surface area contributed by atoms with Crippen LogP contribution in [0.1, 0.15) is 31.2 Å². The molecule has 36 heavy (non-hydrogen) atoms. The minimum absolute atomic E-state index is 0.0263. The maximum atomic E-state index is 13.2. The van der Waals surface area contributed by atoms with Crippen LogP contribution in [0.4, 0.5) is 0 Å². The maximum absolute atomic E-state index is 13.2. The van der Waals surface area contributed by atoms with Gasteiger partial charge in [0.05, 0.1) is 6.04 Å². The molecular weight excluding hydrogens is 506 g/mol. The molecule has 0 saturated heterocycles. The molecule has 0 aliphatic heterocycles. The Hall–Kier alpha value is -2.48. The number of amides is 3. The van der Waals surface area contributed by atoms with Gasteiger partial charge in [0.15, 0.2) is 0 Å². The van der Waals surface area contributed by atoms with Gasteiger partial charge in [-0.1, -0.05) is 18.6 Å². The second kappa shape index (κ2) is 17.1. The summed E-state index contributed by atoms with van der Waals surface area (Å²) in [6.07, 6.45) is 4.02. The lowest BCUT2D eigenvalue weighted by atomic mass is 10.0. The molecule has 0 saturated carbocycles. The third-order valence-corrected chi connectivity index (χ3v) is 6.37. The first-order chi connectivity index (χ1) is 17.1. The van der Waals surface area contributed by atoms with E-state index in [1.54, 1.807) is 12.1 Å². The number of rotatable bonds is 17. The number of nitrogens with two attached hydrogens (primary N) is 2. The van der Waals surface area contributed by atoms with Crippen LogP contribution in [-0.4, -0.2) is 82.4 Å². The predicted octanol–water partition coefficient (Wildman–Crippen LogP) is -0.387. The number of carbonyl (C=O) groups is 4. The molecule has 0 radical (unpaired) electrons. The summed E-state index contributed by atoms with van der Waals surface area (Å²) in [6, 6.07) is 1.91. The molecule has 202 valence electrons. The Kier molecular flexibility index (Phi) is 14.9. The normalized spacial score (nSPS) is 14.2. The van der Waals surface area contributed by atoms with Crippen molar-refractivity contribution in [2.24, 2.45) is 11.5 Å². The van der Waals surface area contributed by atoms with E-state index >= 15 is 0 Å². The largest absolute Gasteiger partial charge is 0.508 e. The van der Waals surface area contributed by atoms with Gasteiger partial charge in [0.25, 0.3) is 0 Å². The van der Waals surface area contributed by atoms with Gasteiger partial charge in [-0.05, 0) is 55.5 Å². The van der Waals surface area contributed by atoms with E-state index in [0.29, 0.717) is 37.1 Å². The van der Waals surface area contributed by atoms with Crippen LogP contribution in [0.5, 0.6) is 5.75 Å².